The highest BCUT2D eigenvalue weighted by Crippen LogP contribution is 2.22. The summed E-state index contributed by atoms with van der Waals surface area (Å²) in [5.74, 6) is 0. The van der Waals surface area contributed by atoms with E-state index < -0.39 is 42.1 Å². The molecule has 14 heteroatoms. The molecule has 33 heavy (non-hydrogen) atoms. The molecule has 0 aromatic rings. The van der Waals surface area contributed by atoms with Gasteiger partial charge < -0.3 is 14.2 Å². The van der Waals surface area contributed by atoms with Crippen molar-refractivity contribution in [1.82, 2.24) is 35.8 Å². The lowest BCUT2D eigenvalue weighted by Gasteiger charge is -2.43. The van der Waals surface area contributed by atoms with E-state index in [2.05, 4.69) is 45.6 Å². The smallest absolute Gasteiger partial charge is 0.411 e. The molecule has 6 unspecified atom stereocenters. The summed E-state index contributed by atoms with van der Waals surface area (Å²) in [5, 5.41) is 16.1. The fraction of sp³-hybridized carbons (Fsp3) is 1.00. The van der Waals surface area contributed by atoms with E-state index >= 15 is 0 Å². The van der Waals surface area contributed by atoms with Crippen molar-refractivity contribution < 1.29 is 26.7 Å². The first-order chi connectivity index (χ1) is 15.4. The van der Waals surface area contributed by atoms with Crippen LogP contribution >= 0.6 is 0 Å². The Labute approximate surface area is 195 Å². The van der Waals surface area contributed by atoms with Crippen LogP contribution < -0.4 is 26.6 Å². The second-order valence-electron chi connectivity index (χ2n) is 9.42. The number of hydrogen-bond acceptors (Lipinski definition) is 9. The second kappa shape index (κ2) is 11.5. The molecule has 2 saturated heterocycles. The van der Waals surface area contributed by atoms with Crippen LogP contribution in [-0.2, 0) is 19.3 Å². The Balaban J connectivity index is 1.56. The first kappa shape index (κ1) is 27.2. The first-order valence-electron chi connectivity index (χ1n) is 11.5. The van der Waals surface area contributed by atoms with Crippen LogP contribution in [0.3, 0.4) is 0 Å². The zero-order valence-electron chi connectivity index (χ0n) is 19.5. The van der Waals surface area contributed by atoms with Crippen LogP contribution in [-0.4, -0.2) is 97.0 Å². The molecular weight excluding hydrogens is 463 g/mol. The van der Waals surface area contributed by atoms with Crippen LogP contribution in [0, 0.1) is 0 Å². The number of nitrogens with zero attached hydrogens (tertiary/aromatic N) is 2. The molecule has 0 spiro atoms. The van der Waals surface area contributed by atoms with Gasteiger partial charge in [0.15, 0.2) is 6.35 Å². The monoisotopic (exact) mass is 501 g/mol. The Bertz CT molecular complexity index is 661. The maximum absolute atomic E-state index is 12.7. The molecule has 2 aliphatic heterocycles. The lowest BCUT2D eigenvalue weighted by Crippen LogP contribution is -2.76. The van der Waals surface area contributed by atoms with Crippen molar-refractivity contribution >= 4 is 10.4 Å². The summed E-state index contributed by atoms with van der Waals surface area (Å²) in [6, 6.07) is 0.697. The summed E-state index contributed by atoms with van der Waals surface area (Å²) in [5.41, 5.74) is 0. The third kappa shape index (κ3) is 8.94. The van der Waals surface area contributed by atoms with Gasteiger partial charge in [-0.25, -0.2) is 0 Å². The number of ether oxygens (including phenoxy) is 1. The molecule has 3 rings (SSSR count). The van der Waals surface area contributed by atoms with E-state index in [1.54, 1.807) is 0 Å². The molecule has 3 aliphatic rings. The Kier molecular flexibility index (Phi) is 9.50. The number of halogens is 3. The third-order valence-electron chi connectivity index (χ3n) is 6.49. The molecule has 194 valence electrons. The minimum Gasteiger partial charge on any atom is -0.598 e. The SMILES string of the molecule is CN(C)C1CCCC(NC2NC(NC3CCN([S+](C)(=O)[O-])CC3)NC(OCC(F)(F)F)N2)C1. The molecule has 0 bridgehead atoms. The second-order valence-corrected chi connectivity index (χ2v) is 11.4. The van der Waals surface area contributed by atoms with Crippen molar-refractivity contribution in [2.24, 2.45) is 0 Å². The zero-order chi connectivity index (χ0) is 24.2. The Morgan fingerprint density at radius 2 is 1.67 bits per heavy atom. The van der Waals surface area contributed by atoms with Crippen molar-refractivity contribution in [3.8, 4) is 0 Å². The standard InChI is InChI=1S/C19H38F3N7O3S/c1-28(2)15-6-4-5-14(11-15)24-17-25-16(26-18(27-17)32-12-19(20,21)22)23-13-7-9-29(10-8-13)33(3,30)31/h13-18,23-27H,4-12H2,1-3H3. The summed E-state index contributed by atoms with van der Waals surface area (Å²) in [6.45, 7) is -0.549. The zero-order valence-corrected chi connectivity index (χ0v) is 20.3. The fourth-order valence-electron chi connectivity index (χ4n) is 4.69. The maximum atomic E-state index is 12.7. The molecule has 1 saturated carbocycles. The molecule has 0 aromatic carbocycles. The molecule has 2 heterocycles. The van der Waals surface area contributed by atoms with Crippen LogP contribution in [0.5, 0.6) is 0 Å². The van der Waals surface area contributed by atoms with Gasteiger partial charge in [0.05, 0.1) is 0 Å². The lowest BCUT2D eigenvalue weighted by atomic mass is 9.90. The quantitative estimate of drug-likeness (QED) is 0.291. The molecule has 0 amide bonds. The summed E-state index contributed by atoms with van der Waals surface area (Å²) >= 11 is 0. The third-order valence-corrected chi connectivity index (χ3v) is 7.79. The largest absolute Gasteiger partial charge is 0.598 e. The van der Waals surface area contributed by atoms with Crippen LogP contribution in [0.2, 0.25) is 0 Å². The van der Waals surface area contributed by atoms with Gasteiger partial charge in [0.2, 0.25) is 0 Å². The molecule has 10 nitrogen and oxygen atoms in total. The topological polar surface area (TPSA) is 116 Å². The first-order valence-corrected chi connectivity index (χ1v) is 13.3. The Morgan fingerprint density at radius 1 is 1.06 bits per heavy atom. The summed E-state index contributed by atoms with van der Waals surface area (Å²) < 4.78 is 68.1. The molecule has 3 fully saturated rings. The van der Waals surface area contributed by atoms with Gasteiger partial charge in [0.1, 0.15) is 35.8 Å². The Morgan fingerprint density at radius 3 is 2.21 bits per heavy atom. The van der Waals surface area contributed by atoms with Crippen LogP contribution in [0.4, 0.5) is 13.2 Å². The van der Waals surface area contributed by atoms with Gasteiger partial charge in [-0.15, -0.1) is 4.31 Å². The van der Waals surface area contributed by atoms with Crippen LogP contribution in [0.15, 0.2) is 0 Å². The number of sulfonamides is 1. The van der Waals surface area contributed by atoms with Gasteiger partial charge in [0, 0.05) is 31.2 Å². The van der Waals surface area contributed by atoms with Crippen molar-refractivity contribution in [3.63, 3.8) is 0 Å². The highest BCUT2D eigenvalue weighted by Gasteiger charge is 2.36. The number of nitrogens with one attached hydrogen (secondary N) is 5. The lowest BCUT2D eigenvalue weighted by molar-refractivity contribution is -0.199. The Hall–Kier alpha value is -0.420. The van der Waals surface area contributed by atoms with Gasteiger partial charge in [-0.3, -0.25) is 26.6 Å². The van der Waals surface area contributed by atoms with E-state index in [0.717, 1.165) is 25.7 Å². The highest BCUT2D eigenvalue weighted by atomic mass is 32.3. The molecular formula is C19H38F3N7O3S. The minimum atomic E-state index is -4.43. The number of piperidine rings is 1. The van der Waals surface area contributed by atoms with E-state index in [9.17, 15) is 21.9 Å². The van der Waals surface area contributed by atoms with Crippen molar-refractivity contribution in [2.75, 3.05) is 40.0 Å². The maximum Gasteiger partial charge on any atom is 0.411 e. The summed E-state index contributed by atoms with van der Waals surface area (Å²) in [4.78, 5) is 2.21. The normalized spacial score (nSPS) is 35.0. The molecule has 0 radical (unpaired) electrons. The summed E-state index contributed by atoms with van der Waals surface area (Å²) in [7, 11) is 0.895. The number of rotatable bonds is 8. The van der Waals surface area contributed by atoms with Crippen LogP contribution in [0.25, 0.3) is 0 Å². The van der Waals surface area contributed by atoms with E-state index in [-0.39, 0.29) is 12.1 Å². The molecule has 5 N–H and O–H groups in total. The van der Waals surface area contributed by atoms with E-state index in [4.69, 9.17) is 4.74 Å². The van der Waals surface area contributed by atoms with Crippen molar-refractivity contribution in [3.05, 3.63) is 0 Å². The predicted octanol–water partition coefficient (Wildman–Crippen LogP) is -0.110. The highest BCUT2D eigenvalue weighted by molar-refractivity contribution is 7.94. The fourth-order valence-corrected chi connectivity index (χ4v) is 5.56. The van der Waals surface area contributed by atoms with Crippen molar-refractivity contribution in [1.29, 1.82) is 0 Å². The van der Waals surface area contributed by atoms with E-state index in [1.165, 1.54) is 10.6 Å². The predicted molar refractivity (Wildman–Crippen MR) is 118 cm³/mol. The van der Waals surface area contributed by atoms with Gasteiger partial charge in [-0.2, -0.15) is 13.2 Å². The average molecular weight is 502 g/mol. The van der Waals surface area contributed by atoms with Crippen LogP contribution in [0.1, 0.15) is 38.5 Å². The average Bonchev–Trinajstić information content (AvgIpc) is 2.71. The van der Waals surface area contributed by atoms with E-state index in [0.29, 0.717) is 32.0 Å². The van der Waals surface area contributed by atoms with Gasteiger partial charge in [-0.1, -0.05) is 10.6 Å². The molecule has 1 aliphatic carbocycles. The summed E-state index contributed by atoms with van der Waals surface area (Å²) in [6.07, 6.45) is 0.180. The van der Waals surface area contributed by atoms with Gasteiger partial charge in [0.25, 0.3) is 0 Å². The van der Waals surface area contributed by atoms with Gasteiger partial charge in [-0.05, 0) is 46.2 Å². The van der Waals surface area contributed by atoms with Crippen molar-refractivity contribution in [2.45, 2.75) is 81.8 Å². The molecule has 0 aromatic heterocycles. The van der Waals surface area contributed by atoms with E-state index in [1.807, 2.05) is 0 Å². The number of hydrogen-bond donors (Lipinski definition) is 5. The minimum absolute atomic E-state index is 0.0165. The van der Waals surface area contributed by atoms with Gasteiger partial charge >= 0.3 is 6.18 Å². The molecule has 6 atom stereocenters. The number of alkyl halides is 3.